The van der Waals surface area contributed by atoms with Crippen LogP contribution in [0.5, 0.6) is 0 Å². The van der Waals surface area contributed by atoms with E-state index in [9.17, 15) is 5.11 Å². The molecule has 2 unspecified atom stereocenters. The Balaban J connectivity index is 2.82. The summed E-state index contributed by atoms with van der Waals surface area (Å²) in [4.78, 5) is 0. The summed E-state index contributed by atoms with van der Waals surface area (Å²) in [6, 6.07) is 8.79. The molecule has 0 aliphatic heterocycles. The molecule has 1 rings (SSSR count). The van der Waals surface area contributed by atoms with Crippen molar-refractivity contribution in [3.8, 4) is 0 Å². The summed E-state index contributed by atoms with van der Waals surface area (Å²) in [5.41, 5.74) is 8.33. The SMILES string of the molecule is CCC(CC(O)CN)c1ccc(C(C)(C)C)cc1. The molecule has 1 aromatic carbocycles. The molecule has 0 aliphatic carbocycles. The Morgan fingerprint density at radius 3 is 2.11 bits per heavy atom. The quantitative estimate of drug-likeness (QED) is 0.842. The van der Waals surface area contributed by atoms with Crippen LogP contribution in [0, 0.1) is 0 Å². The number of hydrogen-bond acceptors (Lipinski definition) is 2. The molecule has 0 saturated heterocycles. The topological polar surface area (TPSA) is 46.2 Å². The molecule has 0 spiro atoms. The summed E-state index contributed by atoms with van der Waals surface area (Å²) < 4.78 is 0. The minimum atomic E-state index is -0.391. The number of aliphatic hydroxyl groups is 1. The van der Waals surface area contributed by atoms with Gasteiger partial charge in [0.15, 0.2) is 0 Å². The van der Waals surface area contributed by atoms with E-state index in [4.69, 9.17) is 5.73 Å². The van der Waals surface area contributed by atoms with Crippen molar-refractivity contribution < 1.29 is 5.11 Å². The van der Waals surface area contributed by atoms with E-state index in [1.165, 1.54) is 11.1 Å². The standard InChI is InChI=1S/C16H27NO/c1-5-12(10-15(18)11-17)13-6-8-14(9-7-13)16(2,3)4/h6-9,12,15,18H,5,10-11,17H2,1-4H3. The summed E-state index contributed by atoms with van der Waals surface area (Å²) in [5, 5.41) is 9.68. The van der Waals surface area contributed by atoms with Crippen molar-refractivity contribution in [3.63, 3.8) is 0 Å². The maximum Gasteiger partial charge on any atom is 0.0668 e. The zero-order chi connectivity index (χ0) is 13.8. The molecule has 18 heavy (non-hydrogen) atoms. The second-order valence-corrected chi connectivity index (χ2v) is 6.10. The predicted molar refractivity (Wildman–Crippen MR) is 77.9 cm³/mol. The average Bonchev–Trinajstić information content (AvgIpc) is 2.34. The van der Waals surface area contributed by atoms with E-state index in [2.05, 4.69) is 52.0 Å². The summed E-state index contributed by atoms with van der Waals surface area (Å²) in [6.07, 6.45) is 1.39. The number of rotatable bonds is 5. The minimum absolute atomic E-state index is 0.191. The molecule has 2 atom stereocenters. The Bertz CT molecular complexity index is 350. The van der Waals surface area contributed by atoms with Crippen molar-refractivity contribution in [2.75, 3.05) is 6.54 Å². The van der Waals surface area contributed by atoms with Gasteiger partial charge in [-0.2, -0.15) is 0 Å². The number of aliphatic hydroxyl groups excluding tert-OH is 1. The Hall–Kier alpha value is -0.860. The van der Waals surface area contributed by atoms with Gasteiger partial charge in [-0.15, -0.1) is 0 Å². The van der Waals surface area contributed by atoms with E-state index < -0.39 is 6.10 Å². The third kappa shape index (κ3) is 4.11. The van der Waals surface area contributed by atoms with Gasteiger partial charge in [-0.3, -0.25) is 0 Å². The molecule has 102 valence electrons. The predicted octanol–water partition coefficient (Wildman–Crippen LogP) is 3.19. The first kappa shape index (κ1) is 15.2. The van der Waals surface area contributed by atoms with Gasteiger partial charge in [0, 0.05) is 6.54 Å². The van der Waals surface area contributed by atoms with Crippen LogP contribution in [0.25, 0.3) is 0 Å². The first-order valence-electron chi connectivity index (χ1n) is 6.87. The first-order valence-corrected chi connectivity index (χ1v) is 6.87. The lowest BCUT2D eigenvalue weighted by Crippen LogP contribution is -2.22. The van der Waals surface area contributed by atoms with Crippen molar-refractivity contribution in [2.24, 2.45) is 5.73 Å². The molecule has 3 N–H and O–H groups in total. The summed E-state index contributed by atoms with van der Waals surface area (Å²) >= 11 is 0. The first-order chi connectivity index (χ1) is 8.38. The fourth-order valence-corrected chi connectivity index (χ4v) is 2.22. The van der Waals surface area contributed by atoms with Gasteiger partial charge >= 0.3 is 0 Å². The van der Waals surface area contributed by atoms with E-state index in [1.807, 2.05) is 0 Å². The molecule has 0 heterocycles. The van der Waals surface area contributed by atoms with Crippen LogP contribution >= 0.6 is 0 Å². The van der Waals surface area contributed by atoms with Gasteiger partial charge in [-0.1, -0.05) is 52.0 Å². The van der Waals surface area contributed by atoms with Gasteiger partial charge in [0.2, 0.25) is 0 Å². The Morgan fingerprint density at radius 2 is 1.72 bits per heavy atom. The molecular formula is C16H27NO. The lowest BCUT2D eigenvalue weighted by atomic mass is 9.84. The summed E-state index contributed by atoms with van der Waals surface area (Å²) in [5.74, 6) is 0.401. The van der Waals surface area contributed by atoms with Crippen LogP contribution < -0.4 is 5.73 Å². The molecule has 0 fully saturated rings. The van der Waals surface area contributed by atoms with Gasteiger partial charge < -0.3 is 10.8 Å². The van der Waals surface area contributed by atoms with Gasteiger partial charge in [-0.05, 0) is 35.3 Å². The number of benzene rings is 1. The fourth-order valence-electron chi connectivity index (χ4n) is 2.22. The normalized spacial score (nSPS) is 15.4. The van der Waals surface area contributed by atoms with E-state index >= 15 is 0 Å². The molecule has 2 heteroatoms. The van der Waals surface area contributed by atoms with Crippen molar-refractivity contribution >= 4 is 0 Å². The highest BCUT2D eigenvalue weighted by Crippen LogP contribution is 2.28. The van der Waals surface area contributed by atoms with Crippen LogP contribution in [-0.4, -0.2) is 17.8 Å². The third-order valence-corrected chi connectivity index (χ3v) is 3.57. The van der Waals surface area contributed by atoms with Gasteiger partial charge in [0.05, 0.1) is 6.10 Å². The molecule has 0 bridgehead atoms. The molecular weight excluding hydrogens is 222 g/mol. The zero-order valence-electron chi connectivity index (χ0n) is 12.1. The van der Waals surface area contributed by atoms with Crippen molar-refractivity contribution in [1.29, 1.82) is 0 Å². The zero-order valence-corrected chi connectivity index (χ0v) is 12.1. The molecule has 0 radical (unpaired) electrons. The van der Waals surface area contributed by atoms with Crippen LogP contribution in [0.3, 0.4) is 0 Å². The molecule has 0 saturated carbocycles. The summed E-state index contributed by atoms with van der Waals surface area (Å²) in [7, 11) is 0. The van der Waals surface area contributed by atoms with Gasteiger partial charge in [0.25, 0.3) is 0 Å². The Kier molecular flexibility index (Phi) is 5.36. The second-order valence-electron chi connectivity index (χ2n) is 6.10. The highest BCUT2D eigenvalue weighted by molar-refractivity contribution is 5.29. The lowest BCUT2D eigenvalue weighted by molar-refractivity contribution is 0.162. The largest absolute Gasteiger partial charge is 0.392 e. The van der Waals surface area contributed by atoms with E-state index in [-0.39, 0.29) is 5.41 Å². The second kappa shape index (κ2) is 6.35. The van der Waals surface area contributed by atoms with Crippen LogP contribution in [0.15, 0.2) is 24.3 Å². The Morgan fingerprint density at radius 1 is 1.17 bits per heavy atom. The molecule has 1 aromatic rings. The van der Waals surface area contributed by atoms with Crippen molar-refractivity contribution in [3.05, 3.63) is 35.4 Å². The summed E-state index contributed by atoms with van der Waals surface area (Å²) in [6.45, 7) is 9.16. The van der Waals surface area contributed by atoms with E-state index in [0.29, 0.717) is 12.5 Å². The van der Waals surface area contributed by atoms with Gasteiger partial charge in [0.1, 0.15) is 0 Å². The smallest absolute Gasteiger partial charge is 0.0668 e. The third-order valence-electron chi connectivity index (χ3n) is 3.57. The van der Waals surface area contributed by atoms with Gasteiger partial charge in [-0.25, -0.2) is 0 Å². The molecule has 0 amide bonds. The molecule has 0 aliphatic rings. The van der Waals surface area contributed by atoms with Crippen LogP contribution in [0.2, 0.25) is 0 Å². The van der Waals surface area contributed by atoms with Crippen LogP contribution in [-0.2, 0) is 5.41 Å². The van der Waals surface area contributed by atoms with Crippen molar-refractivity contribution in [2.45, 2.75) is 58.0 Å². The lowest BCUT2D eigenvalue weighted by Gasteiger charge is -2.22. The monoisotopic (exact) mass is 249 g/mol. The molecule has 0 aromatic heterocycles. The number of hydrogen-bond donors (Lipinski definition) is 2. The van der Waals surface area contributed by atoms with E-state index in [1.54, 1.807) is 0 Å². The average molecular weight is 249 g/mol. The van der Waals surface area contributed by atoms with Crippen LogP contribution in [0.1, 0.15) is 57.6 Å². The van der Waals surface area contributed by atoms with Crippen LogP contribution in [0.4, 0.5) is 0 Å². The van der Waals surface area contributed by atoms with E-state index in [0.717, 1.165) is 12.8 Å². The minimum Gasteiger partial charge on any atom is -0.392 e. The molecule has 2 nitrogen and oxygen atoms in total. The number of nitrogens with two attached hydrogens (primary N) is 1. The highest BCUT2D eigenvalue weighted by atomic mass is 16.3. The van der Waals surface area contributed by atoms with Crippen molar-refractivity contribution in [1.82, 2.24) is 0 Å². The highest BCUT2D eigenvalue weighted by Gasteiger charge is 2.16. The Labute approximate surface area is 111 Å². The maximum atomic E-state index is 9.68. The fraction of sp³-hybridized carbons (Fsp3) is 0.625. The maximum absolute atomic E-state index is 9.68.